The largest absolute Gasteiger partial charge is 0.381 e. The van der Waals surface area contributed by atoms with Gasteiger partial charge in [-0.15, -0.1) is 0 Å². The van der Waals surface area contributed by atoms with Crippen molar-refractivity contribution in [3.05, 3.63) is 34.4 Å². The third-order valence-electron chi connectivity index (χ3n) is 5.31. The van der Waals surface area contributed by atoms with Crippen molar-refractivity contribution >= 4 is 5.78 Å². The minimum Gasteiger partial charge on any atom is -0.381 e. The molecule has 0 N–H and O–H groups in total. The first-order valence-electron chi connectivity index (χ1n) is 8.44. The van der Waals surface area contributed by atoms with Gasteiger partial charge in [0.2, 0.25) is 0 Å². The molecule has 0 spiro atoms. The molecule has 2 heteroatoms. The zero-order chi connectivity index (χ0) is 16.3. The number of aryl methyl sites for hydroxylation is 3. The van der Waals surface area contributed by atoms with Crippen LogP contribution >= 0.6 is 0 Å². The number of carbonyl (C=O) groups is 1. The molecule has 1 saturated carbocycles. The molecule has 0 amide bonds. The molecule has 0 unspecified atom stereocenters. The van der Waals surface area contributed by atoms with Crippen molar-refractivity contribution in [1.82, 2.24) is 0 Å². The van der Waals surface area contributed by atoms with E-state index in [9.17, 15) is 4.79 Å². The lowest BCUT2D eigenvalue weighted by Crippen LogP contribution is -2.30. The molecule has 22 heavy (non-hydrogen) atoms. The summed E-state index contributed by atoms with van der Waals surface area (Å²) in [4.78, 5) is 12.6. The van der Waals surface area contributed by atoms with E-state index >= 15 is 0 Å². The van der Waals surface area contributed by atoms with E-state index in [1.807, 2.05) is 0 Å². The molecule has 0 bridgehead atoms. The monoisotopic (exact) mass is 302 g/mol. The Balaban J connectivity index is 1.99. The summed E-state index contributed by atoms with van der Waals surface area (Å²) < 4.78 is 5.44. The lowest BCUT2D eigenvalue weighted by Gasteiger charge is -2.36. The van der Waals surface area contributed by atoms with Gasteiger partial charge in [-0.3, -0.25) is 4.79 Å². The second kappa shape index (κ2) is 6.95. The summed E-state index contributed by atoms with van der Waals surface area (Å²) in [5, 5.41) is 0. The first-order valence-corrected chi connectivity index (χ1v) is 8.44. The van der Waals surface area contributed by atoms with Crippen LogP contribution in [0.15, 0.2) is 12.1 Å². The van der Waals surface area contributed by atoms with Crippen LogP contribution in [0.25, 0.3) is 0 Å². The van der Waals surface area contributed by atoms with Crippen LogP contribution in [-0.2, 0) is 16.0 Å². The number of ether oxygens (including phenoxy) is 1. The van der Waals surface area contributed by atoms with Crippen molar-refractivity contribution in [1.29, 1.82) is 0 Å². The van der Waals surface area contributed by atoms with Crippen molar-refractivity contribution in [2.45, 2.75) is 72.3 Å². The van der Waals surface area contributed by atoms with Crippen molar-refractivity contribution in [2.75, 3.05) is 7.11 Å². The Morgan fingerprint density at radius 2 is 1.73 bits per heavy atom. The number of benzene rings is 1. The molecule has 0 radical (unpaired) electrons. The van der Waals surface area contributed by atoms with Crippen molar-refractivity contribution in [3.63, 3.8) is 0 Å². The van der Waals surface area contributed by atoms with Crippen LogP contribution in [0.4, 0.5) is 0 Å². The topological polar surface area (TPSA) is 26.3 Å². The number of hydrogen-bond acceptors (Lipinski definition) is 2. The highest BCUT2D eigenvalue weighted by molar-refractivity contribution is 5.82. The van der Waals surface area contributed by atoms with Gasteiger partial charge in [-0.1, -0.05) is 24.6 Å². The highest BCUT2D eigenvalue weighted by Crippen LogP contribution is 2.40. The smallest absolute Gasteiger partial charge is 0.137 e. The Morgan fingerprint density at radius 1 is 1.18 bits per heavy atom. The highest BCUT2D eigenvalue weighted by atomic mass is 16.5. The van der Waals surface area contributed by atoms with Crippen LogP contribution in [0.3, 0.4) is 0 Å². The molecule has 122 valence electrons. The molecule has 2 nitrogen and oxygen atoms in total. The summed E-state index contributed by atoms with van der Waals surface area (Å²) >= 11 is 0. The first-order chi connectivity index (χ1) is 10.3. The maximum Gasteiger partial charge on any atom is 0.137 e. The summed E-state index contributed by atoms with van der Waals surface area (Å²) in [6.45, 7) is 8.62. The molecule has 1 fully saturated rings. The predicted molar refractivity (Wildman–Crippen MR) is 91.4 cm³/mol. The average Bonchev–Trinajstić information content (AvgIpc) is 2.43. The van der Waals surface area contributed by atoms with Gasteiger partial charge in [0.05, 0.1) is 6.10 Å². The van der Waals surface area contributed by atoms with Gasteiger partial charge < -0.3 is 4.74 Å². The fourth-order valence-electron chi connectivity index (χ4n) is 3.93. The second-order valence-corrected chi connectivity index (χ2v) is 7.52. The van der Waals surface area contributed by atoms with E-state index in [4.69, 9.17) is 4.74 Å². The Kier molecular flexibility index (Phi) is 5.44. The average molecular weight is 302 g/mol. The Labute approximate surface area is 135 Å². The van der Waals surface area contributed by atoms with Crippen LogP contribution in [-0.4, -0.2) is 19.0 Å². The molecule has 1 aromatic rings. The summed E-state index contributed by atoms with van der Waals surface area (Å²) in [6, 6.07) is 4.36. The van der Waals surface area contributed by atoms with Gasteiger partial charge in [0.25, 0.3) is 0 Å². The minimum absolute atomic E-state index is 0.165. The normalized spacial score (nSPS) is 25.2. The van der Waals surface area contributed by atoms with E-state index in [1.54, 1.807) is 7.11 Å². The van der Waals surface area contributed by atoms with E-state index in [0.29, 0.717) is 24.7 Å². The van der Waals surface area contributed by atoms with Gasteiger partial charge >= 0.3 is 0 Å². The van der Waals surface area contributed by atoms with E-state index < -0.39 is 0 Å². The standard InChI is InChI=1S/C20H30O2/c1-14-10-15(2)19(16(3)11-14)12-17(21)13-20(4)8-6-18(22-5)7-9-20/h10-11,18H,6-9,12-13H2,1-5H3. The number of Topliss-reactive ketones (excluding diaryl/α,β-unsaturated/α-hetero) is 1. The van der Waals surface area contributed by atoms with E-state index in [-0.39, 0.29) is 5.41 Å². The SMILES string of the molecule is COC1CCC(C)(CC(=O)Cc2c(C)cc(C)cc2C)CC1. The van der Waals surface area contributed by atoms with Crippen LogP contribution < -0.4 is 0 Å². The quantitative estimate of drug-likeness (QED) is 0.787. The Bertz CT molecular complexity index is 514. The molecular weight excluding hydrogens is 272 g/mol. The predicted octanol–water partition coefficient (Wildman–Crippen LogP) is 4.71. The molecular formula is C20H30O2. The Morgan fingerprint density at radius 3 is 2.23 bits per heavy atom. The molecule has 1 aliphatic rings. The number of rotatable bonds is 5. The molecule has 2 rings (SSSR count). The van der Waals surface area contributed by atoms with E-state index in [2.05, 4.69) is 39.8 Å². The summed E-state index contributed by atoms with van der Waals surface area (Å²) in [6.07, 6.45) is 6.06. The molecule has 1 aliphatic carbocycles. The molecule has 0 aliphatic heterocycles. The van der Waals surface area contributed by atoms with Gasteiger partial charge in [0, 0.05) is 20.0 Å². The maximum atomic E-state index is 12.6. The number of ketones is 1. The fourth-order valence-corrected chi connectivity index (χ4v) is 3.93. The second-order valence-electron chi connectivity index (χ2n) is 7.52. The molecule has 0 atom stereocenters. The number of methoxy groups -OCH3 is 1. The third kappa shape index (κ3) is 4.19. The van der Waals surface area contributed by atoms with Gasteiger partial charge in [0.1, 0.15) is 5.78 Å². The van der Waals surface area contributed by atoms with E-state index in [0.717, 1.165) is 25.7 Å². The minimum atomic E-state index is 0.165. The molecule has 0 saturated heterocycles. The highest BCUT2D eigenvalue weighted by Gasteiger charge is 2.33. The molecule has 1 aromatic carbocycles. The zero-order valence-corrected chi connectivity index (χ0v) is 14.8. The van der Waals surface area contributed by atoms with Gasteiger partial charge in [0.15, 0.2) is 0 Å². The zero-order valence-electron chi connectivity index (χ0n) is 14.8. The van der Waals surface area contributed by atoms with Crippen LogP contribution in [0.5, 0.6) is 0 Å². The van der Waals surface area contributed by atoms with E-state index in [1.165, 1.54) is 22.3 Å². The first kappa shape index (κ1) is 17.2. The van der Waals surface area contributed by atoms with Gasteiger partial charge in [-0.25, -0.2) is 0 Å². The van der Waals surface area contributed by atoms with Gasteiger partial charge in [-0.2, -0.15) is 0 Å². The molecule has 0 aromatic heterocycles. The van der Waals surface area contributed by atoms with Gasteiger partial charge in [-0.05, 0) is 68.6 Å². The number of hydrogen-bond donors (Lipinski definition) is 0. The van der Waals surface area contributed by atoms with Crippen molar-refractivity contribution in [2.24, 2.45) is 5.41 Å². The third-order valence-corrected chi connectivity index (χ3v) is 5.31. The van der Waals surface area contributed by atoms with Crippen LogP contribution in [0, 0.1) is 26.2 Å². The lowest BCUT2D eigenvalue weighted by atomic mass is 9.71. The lowest BCUT2D eigenvalue weighted by molar-refractivity contribution is -0.121. The maximum absolute atomic E-state index is 12.6. The van der Waals surface area contributed by atoms with Crippen LogP contribution in [0.2, 0.25) is 0 Å². The summed E-state index contributed by atoms with van der Waals surface area (Å²) in [5.41, 5.74) is 5.16. The Hall–Kier alpha value is -1.15. The van der Waals surface area contributed by atoms with Crippen molar-refractivity contribution in [3.8, 4) is 0 Å². The summed E-state index contributed by atoms with van der Waals surface area (Å²) in [5.74, 6) is 0.383. The number of carbonyl (C=O) groups excluding carboxylic acids is 1. The van der Waals surface area contributed by atoms with Crippen molar-refractivity contribution < 1.29 is 9.53 Å². The summed E-state index contributed by atoms with van der Waals surface area (Å²) in [7, 11) is 1.79. The molecule has 0 heterocycles. The fraction of sp³-hybridized carbons (Fsp3) is 0.650. The van der Waals surface area contributed by atoms with Crippen LogP contribution in [0.1, 0.15) is 61.3 Å².